The van der Waals surface area contributed by atoms with Crippen LogP contribution < -0.4 is 4.90 Å². The zero-order valence-electron chi connectivity index (χ0n) is 15.2. The minimum Gasteiger partial charge on any atom is -0.353 e. The highest BCUT2D eigenvalue weighted by molar-refractivity contribution is 5.94. The quantitative estimate of drug-likeness (QED) is 0.693. The van der Waals surface area contributed by atoms with E-state index in [1.165, 1.54) is 12.4 Å². The second kappa shape index (κ2) is 7.34. The van der Waals surface area contributed by atoms with Gasteiger partial charge in [0.2, 0.25) is 0 Å². The number of piperazine rings is 1. The first-order valence-corrected chi connectivity index (χ1v) is 8.84. The number of nitrogens with zero attached hydrogens (tertiary/aromatic N) is 6. The number of imidazole rings is 1. The fourth-order valence-electron chi connectivity index (χ4n) is 3.23. The summed E-state index contributed by atoms with van der Waals surface area (Å²) >= 11 is 0. The molecule has 3 aromatic rings. The van der Waals surface area contributed by atoms with E-state index in [2.05, 4.69) is 15.0 Å². The van der Waals surface area contributed by atoms with Gasteiger partial charge in [-0.1, -0.05) is 0 Å². The van der Waals surface area contributed by atoms with E-state index in [1.54, 1.807) is 11.1 Å². The van der Waals surface area contributed by atoms with Crippen molar-refractivity contribution < 1.29 is 13.6 Å². The Morgan fingerprint density at radius 2 is 1.75 bits per heavy atom. The van der Waals surface area contributed by atoms with Gasteiger partial charge in [-0.15, -0.1) is 0 Å². The van der Waals surface area contributed by atoms with E-state index in [1.807, 2.05) is 28.7 Å². The van der Waals surface area contributed by atoms with Crippen molar-refractivity contribution in [2.24, 2.45) is 0 Å². The van der Waals surface area contributed by atoms with E-state index >= 15 is 0 Å². The maximum Gasteiger partial charge on any atom is 0.256 e. The molecule has 0 spiro atoms. The Morgan fingerprint density at radius 3 is 2.43 bits per heavy atom. The molecule has 1 aromatic carbocycles. The largest absolute Gasteiger partial charge is 0.353 e. The van der Waals surface area contributed by atoms with Crippen LogP contribution >= 0.6 is 0 Å². The molecule has 9 heteroatoms. The van der Waals surface area contributed by atoms with Crippen molar-refractivity contribution >= 4 is 11.7 Å². The van der Waals surface area contributed by atoms with Crippen LogP contribution in [-0.4, -0.2) is 56.5 Å². The van der Waals surface area contributed by atoms with Crippen LogP contribution in [0.25, 0.3) is 5.82 Å². The predicted octanol–water partition coefficient (Wildman–Crippen LogP) is 2.21. The summed E-state index contributed by atoms with van der Waals surface area (Å²) in [7, 11) is 0. The SMILES string of the molecule is Cc1nccn1-c1cc(N2CCN(C(=O)c3ccc(F)cc3F)CC2)ncn1. The molecule has 0 radical (unpaired) electrons. The van der Waals surface area contributed by atoms with Gasteiger partial charge >= 0.3 is 0 Å². The van der Waals surface area contributed by atoms with E-state index in [-0.39, 0.29) is 5.56 Å². The van der Waals surface area contributed by atoms with Crippen molar-refractivity contribution in [1.29, 1.82) is 0 Å². The molecule has 1 amide bonds. The molecule has 1 aliphatic rings. The van der Waals surface area contributed by atoms with Crippen LogP contribution in [0.5, 0.6) is 0 Å². The Labute approximate surface area is 160 Å². The molecule has 1 aliphatic heterocycles. The minimum atomic E-state index is -0.844. The molecule has 0 saturated carbocycles. The third kappa shape index (κ3) is 3.42. The maximum absolute atomic E-state index is 13.9. The van der Waals surface area contributed by atoms with Crippen LogP contribution in [0.2, 0.25) is 0 Å². The van der Waals surface area contributed by atoms with Gasteiger partial charge in [-0.2, -0.15) is 0 Å². The Morgan fingerprint density at radius 1 is 1.00 bits per heavy atom. The lowest BCUT2D eigenvalue weighted by atomic mass is 10.1. The number of carbonyl (C=O) groups is 1. The Kier molecular flexibility index (Phi) is 4.72. The molecule has 0 aliphatic carbocycles. The first-order valence-electron chi connectivity index (χ1n) is 8.84. The number of aryl methyl sites for hydroxylation is 1. The zero-order chi connectivity index (χ0) is 19.7. The molecule has 28 heavy (non-hydrogen) atoms. The summed E-state index contributed by atoms with van der Waals surface area (Å²) in [5.74, 6) is 0.302. The number of hydrogen-bond donors (Lipinski definition) is 0. The van der Waals surface area contributed by atoms with E-state index < -0.39 is 17.5 Å². The average Bonchev–Trinajstić information content (AvgIpc) is 3.14. The van der Waals surface area contributed by atoms with Gasteiger partial charge in [0, 0.05) is 50.7 Å². The maximum atomic E-state index is 13.9. The Bertz CT molecular complexity index is 1010. The number of benzene rings is 1. The molecule has 2 aromatic heterocycles. The lowest BCUT2D eigenvalue weighted by Crippen LogP contribution is -2.49. The number of carbonyl (C=O) groups excluding carboxylic acids is 1. The predicted molar refractivity (Wildman–Crippen MR) is 98.4 cm³/mol. The van der Waals surface area contributed by atoms with Gasteiger partial charge in [-0.05, 0) is 19.1 Å². The smallest absolute Gasteiger partial charge is 0.256 e. The molecule has 0 bridgehead atoms. The normalized spacial score (nSPS) is 14.4. The fraction of sp³-hybridized carbons (Fsp3) is 0.263. The number of halogens is 2. The lowest BCUT2D eigenvalue weighted by molar-refractivity contribution is 0.0741. The summed E-state index contributed by atoms with van der Waals surface area (Å²) in [6.07, 6.45) is 5.03. The second-order valence-electron chi connectivity index (χ2n) is 6.48. The highest BCUT2D eigenvalue weighted by Crippen LogP contribution is 2.19. The molecule has 1 saturated heterocycles. The van der Waals surface area contributed by atoms with Crippen molar-refractivity contribution in [2.45, 2.75) is 6.92 Å². The molecule has 0 atom stereocenters. The van der Waals surface area contributed by atoms with Crippen LogP contribution in [0.3, 0.4) is 0 Å². The number of anilines is 1. The fourth-order valence-corrected chi connectivity index (χ4v) is 3.23. The third-order valence-electron chi connectivity index (χ3n) is 4.76. The molecular formula is C19H18F2N6O. The van der Waals surface area contributed by atoms with Crippen LogP contribution in [0, 0.1) is 18.6 Å². The van der Waals surface area contributed by atoms with E-state index in [4.69, 9.17) is 0 Å². The molecule has 1 fully saturated rings. The van der Waals surface area contributed by atoms with Crippen LogP contribution in [0.4, 0.5) is 14.6 Å². The highest BCUT2D eigenvalue weighted by atomic mass is 19.1. The monoisotopic (exact) mass is 384 g/mol. The number of aromatic nitrogens is 4. The third-order valence-corrected chi connectivity index (χ3v) is 4.76. The number of rotatable bonds is 3. The first-order chi connectivity index (χ1) is 13.5. The van der Waals surface area contributed by atoms with Gasteiger partial charge in [-0.3, -0.25) is 9.36 Å². The summed E-state index contributed by atoms with van der Waals surface area (Å²) in [6, 6.07) is 4.87. The van der Waals surface area contributed by atoms with Crippen molar-refractivity contribution in [3.05, 3.63) is 66.0 Å². The van der Waals surface area contributed by atoms with Crippen LogP contribution in [-0.2, 0) is 0 Å². The summed E-state index contributed by atoms with van der Waals surface area (Å²) in [5.41, 5.74) is -0.116. The lowest BCUT2D eigenvalue weighted by Gasteiger charge is -2.35. The summed E-state index contributed by atoms with van der Waals surface area (Å²) in [6.45, 7) is 3.82. The van der Waals surface area contributed by atoms with E-state index in [0.717, 1.165) is 23.8 Å². The molecule has 3 heterocycles. The van der Waals surface area contributed by atoms with Gasteiger partial charge in [0.1, 0.15) is 35.4 Å². The van der Waals surface area contributed by atoms with E-state index in [0.29, 0.717) is 32.0 Å². The van der Waals surface area contributed by atoms with E-state index in [9.17, 15) is 13.6 Å². The van der Waals surface area contributed by atoms with Crippen molar-refractivity contribution in [3.63, 3.8) is 0 Å². The van der Waals surface area contributed by atoms with Crippen LogP contribution in [0.1, 0.15) is 16.2 Å². The van der Waals surface area contributed by atoms with Crippen molar-refractivity contribution in [1.82, 2.24) is 24.4 Å². The Balaban J connectivity index is 1.46. The zero-order valence-corrected chi connectivity index (χ0v) is 15.2. The Hall–Kier alpha value is -3.36. The van der Waals surface area contributed by atoms with Gasteiger partial charge in [0.25, 0.3) is 5.91 Å². The van der Waals surface area contributed by atoms with Gasteiger partial charge in [0.05, 0.1) is 5.56 Å². The molecule has 7 nitrogen and oxygen atoms in total. The molecule has 0 N–H and O–H groups in total. The molecule has 4 rings (SSSR count). The number of amides is 1. The average molecular weight is 384 g/mol. The summed E-state index contributed by atoms with van der Waals surface area (Å²) in [5, 5.41) is 0. The van der Waals surface area contributed by atoms with Gasteiger partial charge < -0.3 is 9.80 Å². The van der Waals surface area contributed by atoms with Crippen molar-refractivity contribution in [2.75, 3.05) is 31.1 Å². The van der Waals surface area contributed by atoms with Gasteiger partial charge in [-0.25, -0.2) is 23.7 Å². The summed E-state index contributed by atoms with van der Waals surface area (Å²) < 4.78 is 28.8. The summed E-state index contributed by atoms with van der Waals surface area (Å²) in [4.78, 5) is 29.0. The number of hydrogen-bond acceptors (Lipinski definition) is 5. The van der Waals surface area contributed by atoms with Crippen LogP contribution in [0.15, 0.2) is 43.0 Å². The second-order valence-corrected chi connectivity index (χ2v) is 6.48. The molecule has 0 unspecified atom stereocenters. The standard InChI is InChI=1S/C19H18F2N6O/c1-13-22-4-5-27(13)18-11-17(23-12-24-18)25-6-8-26(9-7-25)19(28)15-3-2-14(20)10-16(15)21/h2-5,10-12H,6-9H2,1H3. The topological polar surface area (TPSA) is 67.2 Å². The first kappa shape index (κ1) is 18.0. The highest BCUT2D eigenvalue weighted by Gasteiger charge is 2.25. The van der Waals surface area contributed by atoms with Gasteiger partial charge in [0.15, 0.2) is 0 Å². The molecule has 144 valence electrons. The van der Waals surface area contributed by atoms with Crippen molar-refractivity contribution in [3.8, 4) is 5.82 Å². The minimum absolute atomic E-state index is 0.116. The molecular weight excluding hydrogens is 366 g/mol.